The van der Waals surface area contributed by atoms with Crippen LogP contribution in [-0.2, 0) is 20.1 Å². The Morgan fingerprint density at radius 2 is 2.17 bits per heavy atom. The molecule has 0 spiro atoms. The van der Waals surface area contributed by atoms with E-state index in [1.54, 1.807) is 11.3 Å². The Morgan fingerprint density at radius 1 is 1.39 bits per heavy atom. The number of thiophene rings is 1. The van der Waals surface area contributed by atoms with Crippen LogP contribution in [0.15, 0.2) is 18.3 Å². The molecule has 98 valence electrons. The highest BCUT2D eigenvalue weighted by Crippen LogP contribution is 2.21. The Bertz CT molecular complexity index is 516. The molecule has 0 amide bonds. The Morgan fingerprint density at radius 3 is 2.78 bits per heavy atom. The molecular weight excluding hydrogens is 266 g/mol. The molecule has 5 heteroatoms. The fraction of sp³-hybridized carbons (Fsp3) is 0.462. The lowest BCUT2D eigenvalue weighted by atomic mass is 10.1. The number of hydrogen-bond donors (Lipinski definition) is 1. The van der Waals surface area contributed by atoms with Crippen molar-refractivity contribution in [3.05, 3.63) is 38.8 Å². The number of rotatable bonds is 5. The van der Waals surface area contributed by atoms with Gasteiger partial charge in [-0.05, 0) is 18.1 Å². The molecule has 0 atom stereocenters. The number of aromatic nitrogens is 2. The second kappa shape index (κ2) is 5.87. The van der Waals surface area contributed by atoms with Gasteiger partial charge < -0.3 is 5.32 Å². The molecule has 1 N–H and O–H groups in total. The molecule has 2 rings (SSSR count). The van der Waals surface area contributed by atoms with E-state index in [0.717, 1.165) is 17.4 Å². The van der Waals surface area contributed by atoms with E-state index in [9.17, 15) is 0 Å². The highest BCUT2D eigenvalue weighted by atomic mass is 35.5. The predicted octanol–water partition coefficient (Wildman–Crippen LogP) is 3.55. The third-order valence-electron chi connectivity index (χ3n) is 2.73. The number of aryl methyl sites for hydroxylation is 1. The topological polar surface area (TPSA) is 29.9 Å². The predicted molar refractivity (Wildman–Crippen MR) is 77.2 cm³/mol. The van der Waals surface area contributed by atoms with Crippen LogP contribution in [0.2, 0.25) is 4.34 Å². The third kappa shape index (κ3) is 3.34. The van der Waals surface area contributed by atoms with E-state index in [-0.39, 0.29) is 0 Å². The highest BCUT2D eigenvalue weighted by Gasteiger charge is 2.10. The van der Waals surface area contributed by atoms with Crippen LogP contribution in [0.1, 0.15) is 35.9 Å². The van der Waals surface area contributed by atoms with Gasteiger partial charge in [0.15, 0.2) is 0 Å². The van der Waals surface area contributed by atoms with Crippen molar-refractivity contribution in [2.24, 2.45) is 7.05 Å². The van der Waals surface area contributed by atoms with Gasteiger partial charge in [-0.25, -0.2) is 0 Å². The zero-order chi connectivity index (χ0) is 13.1. The molecule has 2 aromatic rings. The van der Waals surface area contributed by atoms with Crippen LogP contribution in [0.4, 0.5) is 0 Å². The SMILES string of the molecule is CC(C)c1nn(C)cc1CNCc1ccc(Cl)s1. The molecule has 2 heterocycles. The van der Waals surface area contributed by atoms with Crippen molar-refractivity contribution in [3.63, 3.8) is 0 Å². The van der Waals surface area contributed by atoms with Gasteiger partial charge >= 0.3 is 0 Å². The summed E-state index contributed by atoms with van der Waals surface area (Å²) in [5, 5.41) is 7.94. The summed E-state index contributed by atoms with van der Waals surface area (Å²) < 4.78 is 2.73. The first-order chi connectivity index (χ1) is 8.56. The maximum Gasteiger partial charge on any atom is 0.0931 e. The van der Waals surface area contributed by atoms with E-state index in [2.05, 4.69) is 36.5 Å². The van der Waals surface area contributed by atoms with Crippen molar-refractivity contribution < 1.29 is 0 Å². The van der Waals surface area contributed by atoms with Gasteiger partial charge in [-0.2, -0.15) is 5.10 Å². The molecule has 0 aliphatic rings. The smallest absolute Gasteiger partial charge is 0.0931 e. The molecular formula is C13H18ClN3S. The molecule has 0 aliphatic heterocycles. The average Bonchev–Trinajstić information content (AvgIpc) is 2.85. The number of halogens is 1. The fourth-order valence-electron chi connectivity index (χ4n) is 1.94. The van der Waals surface area contributed by atoms with Gasteiger partial charge in [0.1, 0.15) is 0 Å². The summed E-state index contributed by atoms with van der Waals surface area (Å²) in [7, 11) is 1.97. The lowest BCUT2D eigenvalue weighted by molar-refractivity contribution is 0.683. The molecule has 0 aromatic carbocycles. The summed E-state index contributed by atoms with van der Waals surface area (Å²) in [6.45, 7) is 6.04. The first kappa shape index (κ1) is 13.6. The molecule has 0 saturated heterocycles. The van der Waals surface area contributed by atoms with Gasteiger partial charge in [-0.3, -0.25) is 4.68 Å². The van der Waals surface area contributed by atoms with Crippen molar-refractivity contribution in [1.29, 1.82) is 0 Å². The summed E-state index contributed by atoms with van der Waals surface area (Å²) in [5.74, 6) is 0.458. The second-order valence-electron chi connectivity index (χ2n) is 4.68. The van der Waals surface area contributed by atoms with E-state index in [1.807, 2.05) is 17.8 Å². The molecule has 0 bridgehead atoms. The van der Waals surface area contributed by atoms with E-state index >= 15 is 0 Å². The molecule has 3 nitrogen and oxygen atoms in total. The van der Waals surface area contributed by atoms with Crippen molar-refractivity contribution in [3.8, 4) is 0 Å². The van der Waals surface area contributed by atoms with Crippen LogP contribution >= 0.6 is 22.9 Å². The normalized spacial score (nSPS) is 11.4. The van der Waals surface area contributed by atoms with Gasteiger partial charge in [0.2, 0.25) is 0 Å². The fourth-order valence-corrected chi connectivity index (χ4v) is 3.00. The monoisotopic (exact) mass is 283 g/mol. The van der Waals surface area contributed by atoms with Crippen LogP contribution in [0.5, 0.6) is 0 Å². The quantitative estimate of drug-likeness (QED) is 0.909. The van der Waals surface area contributed by atoms with Crippen LogP contribution in [-0.4, -0.2) is 9.78 Å². The van der Waals surface area contributed by atoms with Crippen molar-refractivity contribution in [2.75, 3.05) is 0 Å². The molecule has 0 saturated carbocycles. The van der Waals surface area contributed by atoms with E-state index in [0.29, 0.717) is 5.92 Å². The summed E-state index contributed by atoms with van der Waals surface area (Å²) in [6, 6.07) is 4.00. The lowest BCUT2D eigenvalue weighted by Gasteiger charge is -2.06. The van der Waals surface area contributed by atoms with Crippen LogP contribution in [0.3, 0.4) is 0 Å². The Hall–Kier alpha value is -0.840. The zero-order valence-corrected chi connectivity index (χ0v) is 12.5. The summed E-state index contributed by atoms with van der Waals surface area (Å²) in [5.41, 5.74) is 2.45. The van der Waals surface area contributed by atoms with Crippen LogP contribution in [0, 0.1) is 0 Å². The maximum atomic E-state index is 5.90. The molecule has 0 unspecified atom stereocenters. The first-order valence-corrected chi connectivity index (χ1v) is 7.23. The Balaban J connectivity index is 1.94. The molecule has 0 radical (unpaired) electrons. The summed E-state index contributed by atoms with van der Waals surface area (Å²) in [4.78, 5) is 1.26. The number of nitrogens with zero attached hydrogens (tertiary/aromatic N) is 2. The van der Waals surface area contributed by atoms with Gasteiger partial charge in [-0.1, -0.05) is 25.4 Å². The summed E-state index contributed by atoms with van der Waals surface area (Å²) in [6.07, 6.45) is 2.09. The van der Waals surface area contributed by atoms with Gasteiger partial charge in [0.25, 0.3) is 0 Å². The van der Waals surface area contributed by atoms with E-state index in [4.69, 9.17) is 11.6 Å². The third-order valence-corrected chi connectivity index (χ3v) is 3.96. The average molecular weight is 284 g/mol. The second-order valence-corrected chi connectivity index (χ2v) is 6.48. The van der Waals surface area contributed by atoms with Crippen LogP contribution < -0.4 is 5.32 Å². The first-order valence-electron chi connectivity index (χ1n) is 6.03. The molecule has 0 fully saturated rings. The van der Waals surface area contributed by atoms with E-state index < -0.39 is 0 Å². The Kier molecular flexibility index (Phi) is 4.43. The minimum Gasteiger partial charge on any atom is -0.308 e. The number of nitrogens with one attached hydrogen (secondary N) is 1. The largest absolute Gasteiger partial charge is 0.308 e. The van der Waals surface area contributed by atoms with Crippen molar-refractivity contribution in [1.82, 2.24) is 15.1 Å². The minimum absolute atomic E-state index is 0.458. The highest BCUT2D eigenvalue weighted by molar-refractivity contribution is 7.16. The van der Waals surface area contributed by atoms with Crippen molar-refractivity contribution in [2.45, 2.75) is 32.9 Å². The minimum atomic E-state index is 0.458. The Labute approximate surface area is 117 Å². The van der Waals surface area contributed by atoms with E-state index in [1.165, 1.54) is 16.1 Å². The zero-order valence-electron chi connectivity index (χ0n) is 10.9. The van der Waals surface area contributed by atoms with Crippen molar-refractivity contribution >= 4 is 22.9 Å². The number of hydrogen-bond acceptors (Lipinski definition) is 3. The molecule has 18 heavy (non-hydrogen) atoms. The standard InChI is InChI=1S/C13H18ClN3S/c1-9(2)13-10(8-17(3)16-13)6-15-7-11-4-5-12(14)18-11/h4-5,8-9,15H,6-7H2,1-3H3. The van der Waals surface area contributed by atoms with Gasteiger partial charge in [0, 0.05) is 36.8 Å². The lowest BCUT2D eigenvalue weighted by Crippen LogP contribution is -2.12. The molecule has 2 aromatic heterocycles. The van der Waals surface area contributed by atoms with Gasteiger partial charge in [0.05, 0.1) is 10.0 Å². The molecule has 0 aliphatic carbocycles. The maximum absolute atomic E-state index is 5.90. The summed E-state index contributed by atoms with van der Waals surface area (Å²) >= 11 is 7.52. The van der Waals surface area contributed by atoms with Crippen LogP contribution in [0.25, 0.3) is 0 Å². The van der Waals surface area contributed by atoms with Gasteiger partial charge in [-0.15, -0.1) is 11.3 Å².